The highest BCUT2D eigenvalue weighted by molar-refractivity contribution is 7.89. The molecule has 136 valence electrons. The Morgan fingerprint density at radius 1 is 1.08 bits per heavy atom. The Morgan fingerprint density at radius 3 is 2.27 bits per heavy atom. The summed E-state index contributed by atoms with van der Waals surface area (Å²) >= 11 is 0. The van der Waals surface area contributed by atoms with Gasteiger partial charge in [0.15, 0.2) is 0 Å². The Kier molecular flexibility index (Phi) is 5.20. The number of benzene rings is 2. The van der Waals surface area contributed by atoms with Crippen LogP contribution in [-0.2, 0) is 16.4 Å². The van der Waals surface area contributed by atoms with Crippen molar-refractivity contribution in [3.05, 3.63) is 72.3 Å². The first kappa shape index (κ1) is 18.3. The Bertz CT molecular complexity index is 950. The van der Waals surface area contributed by atoms with Crippen LogP contribution in [0, 0.1) is 0 Å². The molecule has 0 aliphatic rings. The number of hydrogen-bond acceptors (Lipinski definition) is 4. The molecule has 0 unspecified atom stereocenters. The number of hydrogen-bond donors (Lipinski definition) is 0. The average Bonchev–Trinajstić information content (AvgIpc) is 3.21. The summed E-state index contributed by atoms with van der Waals surface area (Å²) in [5.74, 6) is 0. The summed E-state index contributed by atoms with van der Waals surface area (Å²) in [6, 6.07) is 14.4. The van der Waals surface area contributed by atoms with E-state index >= 15 is 0 Å². The average molecular weight is 370 g/mol. The maximum absolute atomic E-state index is 12.9. The molecular weight excluding hydrogens is 348 g/mol. The molecule has 1 aromatic heterocycles. The maximum atomic E-state index is 12.9. The van der Waals surface area contributed by atoms with Crippen molar-refractivity contribution in [2.75, 3.05) is 7.05 Å². The van der Waals surface area contributed by atoms with Crippen molar-refractivity contribution in [1.29, 1.82) is 0 Å². The van der Waals surface area contributed by atoms with E-state index in [4.69, 9.17) is 0 Å². The van der Waals surface area contributed by atoms with Crippen molar-refractivity contribution >= 4 is 10.0 Å². The molecule has 0 saturated heterocycles. The lowest BCUT2D eigenvalue weighted by Gasteiger charge is -2.25. The Hall–Kier alpha value is -2.51. The Balaban J connectivity index is 1.82. The Labute approximate surface area is 154 Å². The van der Waals surface area contributed by atoms with Crippen LogP contribution in [0.3, 0.4) is 0 Å². The molecule has 3 rings (SSSR count). The molecule has 26 heavy (non-hydrogen) atoms. The predicted octanol–water partition coefficient (Wildman–Crippen LogP) is 3.21. The highest BCUT2D eigenvalue weighted by Crippen LogP contribution is 2.26. The highest BCUT2D eigenvalue weighted by atomic mass is 32.2. The van der Waals surface area contributed by atoms with Gasteiger partial charge in [-0.25, -0.2) is 18.1 Å². The smallest absolute Gasteiger partial charge is 0.223 e. The summed E-state index contributed by atoms with van der Waals surface area (Å²) in [5.41, 5.74) is 2.90. The number of aryl methyl sites for hydroxylation is 1. The van der Waals surface area contributed by atoms with Gasteiger partial charge in [0.1, 0.15) is 12.7 Å². The second-order valence-electron chi connectivity index (χ2n) is 6.13. The summed E-state index contributed by atoms with van der Waals surface area (Å²) in [5, 5.41) is 4.09. The van der Waals surface area contributed by atoms with E-state index in [1.807, 2.05) is 50.2 Å². The van der Waals surface area contributed by atoms with Crippen molar-refractivity contribution in [3.8, 4) is 5.69 Å². The molecule has 1 heterocycles. The van der Waals surface area contributed by atoms with Crippen LogP contribution in [0.5, 0.6) is 0 Å². The van der Waals surface area contributed by atoms with Crippen LogP contribution < -0.4 is 0 Å². The van der Waals surface area contributed by atoms with E-state index in [0.29, 0.717) is 4.90 Å². The lowest BCUT2D eigenvalue weighted by atomic mass is 10.1. The quantitative estimate of drug-likeness (QED) is 0.668. The van der Waals surface area contributed by atoms with Crippen LogP contribution in [0.2, 0.25) is 0 Å². The fraction of sp³-hybridized carbons (Fsp3) is 0.263. The summed E-state index contributed by atoms with van der Waals surface area (Å²) in [6.07, 6.45) is 3.97. The third-order valence-electron chi connectivity index (χ3n) is 4.61. The van der Waals surface area contributed by atoms with E-state index in [1.165, 1.54) is 10.6 Å². The van der Waals surface area contributed by atoms with Gasteiger partial charge in [-0.05, 0) is 48.7 Å². The number of nitrogens with zero attached hydrogens (tertiary/aromatic N) is 4. The van der Waals surface area contributed by atoms with E-state index in [-0.39, 0.29) is 6.04 Å². The monoisotopic (exact) mass is 370 g/mol. The van der Waals surface area contributed by atoms with Crippen LogP contribution in [0.4, 0.5) is 0 Å². The topological polar surface area (TPSA) is 68.1 Å². The standard InChI is InChI=1S/C19H22N4O2S/c1-4-16-5-11-19(12-6-16)26(24,25)22(3)15(2)17-7-9-18(10-8-17)23-14-20-13-21-23/h5-15H,4H2,1-3H3/t15-/m0/s1. The van der Waals surface area contributed by atoms with Crippen molar-refractivity contribution in [1.82, 2.24) is 19.1 Å². The summed E-state index contributed by atoms with van der Waals surface area (Å²) < 4.78 is 28.9. The molecule has 0 N–H and O–H groups in total. The van der Waals surface area contributed by atoms with Crippen molar-refractivity contribution in [2.45, 2.75) is 31.2 Å². The van der Waals surface area contributed by atoms with E-state index in [2.05, 4.69) is 10.1 Å². The minimum absolute atomic E-state index is 0.296. The predicted molar refractivity (Wildman–Crippen MR) is 101 cm³/mol. The first-order valence-corrected chi connectivity index (χ1v) is 9.89. The largest absolute Gasteiger partial charge is 0.243 e. The van der Waals surface area contributed by atoms with Gasteiger partial charge in [-0.15, -0.1) is 0 Å². The lowest BCUT2D eigenvalue weighted by molar-refractivity contribution is 0.398. The zero-order chi connectivity index (χ0) is 18.7. The molecule has 0 saturated carbocycles. The molecule has 0 bridgehead atoms. The summed E-state index contributed by atoms with van der Waals surface area (Å²) in [4.78, 5) is 4.24. The van der Waals surface area contributed by atoms with E-state index < -0.39 is 10.0 Å². The molecule has 0 fully saturated rings. The van der Waals surface area contributed by atoms with Crippen LogP contribution in [0.1, 0.15) is 31.0 Å². The summed E-state index contributed by atoms with van der Waals surface area (Å²) in [7, 11) is -1.95. The van der Waals surface area contributed by atoms with Crippen LogP contribution in [0.25, 0.3) is 5.69 Å². The molecule has 1 atom stereocenters. The third-order valence-corrected chi connectivity index (χ3v) is 6.56. The van der Waals surface area contributed by atoms with Crippen molar-refractivity contribution < 1.29 is 8.42 Å². The molecule has 0 amide bonds. The first-order chi connectivity index (χ1) is 12.4. The van der Waals surface area contributed by atoms with Gasteiger partial charge >= 0.3 is 0 Å². The van der Waals surface area contributed by atoms with E-state index in [9.17, 15) is 8.42 Å². The number of sulfonamides is 1. The minimum atomic E-state index is -3.56. The number of rotatable bonds is 6. The zero-order valence-corrected chi connectivity index (χ0v) is 15.9. The molecule has 6 nitrogen and oxygen atoms in total. The van der Waals surface area contributed by atoms with Gasteiger partial charge in [-0.2, -0.15) is 9.40 Å². The van der Waals surface area contributed by atoms with Crippen LogP contribution >= 0.6 is 0 Å². The normalized spacial score (nSPS) is 13.1. The molecule has 0 aliphatic heterocycles. The SMILES string of the molecule is CCc1ccc(S(=O)(=O)N(C)[C@@H](C)c2ccc(-n3cncn3)cc2)cc1. The van der Waals surface area contributed by atoms with Gasteiger partial charge in [0.2, 0.25) is 10.0 Å². The second kappa shape index (κ2) is 7.39. The first-order valence-electron chi connectivity index (χ1n) is 8.45. The molecule has 3 aromatic rings. The van der Waals surface area contributed by atoms with Gasteiger partial charge < -0.3 is 0 Å². The molecule has 0 spiro atoms. The molecule has 2 aromatic carbocycles. The van der Waals surface area contributed by atoms with Gasteiger partial charge in [-0.3, -0.25) is 0 Å². The van der Waals surface area contributed by atoms with Gasteiger partial charge in [0.05, 0.1) is 10.6 Å². The third kappa shape index (κ3) is 3.54. The fourth-order valence-electron chi connectivity index (χ4n) is 2.73. The van der Waals surface area contributed by atoms with Gasteiger partial charge in [-0.1, -0.05) is 31.2 Å². The van der Waals surface area contributed by atoms with Crippen molar-refractivity contribution in [3.63, 3.8) is 0 Å². The summed E-state index contributed by atoms with van der Waals surface area (Å²) in [6.45, 7) is 3.92. The van der Waals surface area contributed by atoms with Crippen LogP contribution in [0.15, 0.2) is 66.1 Å². The van der Waals surface area contributed by atoms with E-state index in [0.717, 1.165) is 23.2 Å². The van der Waals surface area contributed by atoms with Gasteiger partial charge in [0, 0.05) is 13.1 Å². The van der Waals surface area contributed by atoms with E-state index in [1.54, 1.807) is 30.2 Å². The Morgan fingerprint density at radius 2 is 1.73 bits per heavy atom. The fourth-order valence-corrected chi connectivity index (χ4v) is 4.08. The molecule has 7 heteroatoms. The maximum Gasteiger partial charge on any atom is 0.243 e. The zero-order valence-electron chi connectivity index (χ0n) is 15.1. The molecular formula is C19H22N4O2S. The lowest BCUT2D eigenvalue weighted by Crippen LogP contribution is -2.29. The molecule has 0 radical (unpaired) electrons. The second-order valence-corrected chi connectivity index (χ2v) is 8.12. The van der Waals surface area contributed by atoms with Gasteiger partial charge in [0.25, 0.3) is 0 Å². The highest BCUT2D eigenvalue weighted by Gasteiger charge is 2.26. The van der Waals surface area contributed by atoms with Crippen LogP contribution in [-0.4, -0.2) is 34.5 Å². The minimum Gasteiger partial charge on any atom is -0.223 e. The number of aromatic nitrogens is 3. The molecule has 0 aliphatic carbocycles. The van der Waals surface area contributed by atoms with Crippen molar-refractivity contribution in [2.24, 2.45) is 0 Å².